The summed E-state index contributed by atoms with van der Waals surface area (Å²) in [5.41, 5.74) is 9.18. The number of para-hydroxylation sites is 4. The summed E-state index contributed by atoms with van der Waals surface area (Å²) in [7, 11) is 0. The molecular weight excluding hydrogens is 540 g/mol. The number of nitrogens with zero attached hydrogens (tertiary/aromatic N) is 2. The fourth-order valence-corrected chi connectivity index (χ4v) is 7.47. The number of allylic oxidation sites excluding steroid dienone is 2. The first-order valence-electron chi connectivity index (χ1n) is 15.3. The summed E-state index contributed by atoms with van der Waals surface area (Å²) in [5.74, 6) is 0.349. The highest BCUT2D eigenvalue weighted by molar-refractivity contribution is 6.10. The van der Waals surface area contributed by atoms with E-state index < -0.39 is 0 Å². The lowest BCUT2D eigenvalue weighted by Crippen LogP contribution is -2.29. The SMILES string of the molecule is C=C/C=c1\c(=C/C)c2c3c(n(-c4cccc5c4oc4ccccc45)c2n1-c1cccc2c1oc1ccccc12)C=CCC3C. The van der Waals surface area contributed by atoms with Gasteiger partial charge in [0.1, 0.15) is 16.8 Å². The van der Waals surface area contributed by atoms with Gasteiger partial charge in [-0.15, -0.1) is 0 Å². The quantitative estimate of drug-likeness (QED) is 0.212. The van der Waals surface area contributed by atoms with E-state index in [0.717, 1.165) is 72.7 Å². The number of aromatic nitrogens is 2. The van der Waals surface area contributed by atoms with Crippen molar-refractivity contribution in [2.24, 2.45) is 0 Å². The minimum absolute atomic E-state index is 0.349. The Bertz CT molecular complexity index is 2630. The topological polar surface area (TPSA) is 36.1 Å². The normalized spacial score (nSPS) is 15.9. The van der Waals surface area contributed by atoms with E-state index in [1.807, 2.05) is 30.3 Å². The van der Waals surface area contributed by atoms with Crippen molar-refractivity contribution in [3.8, 4) is 11.4 Å². The van der Waals surface area contributed by atoms with E-state index in [4.69, 9.17) is 8.83 Å². The summed E-state index contributed by atoms with van der Waals surface area (Å²) in [6.07, 6.45) is 11.8. The molecule has 4 nitrogen and oxygen atoms in total. The summed E-state index contributed by atoms with van der Waals surface area (Å²) in [4.78, 5) is 0. The van der Waals surface area contributed by atoms with E-state index in [-0.39, 0.29) is 0 Å². The second-order valence-electron chi connectivity index (χ2n) is 11.7. The maximum Gasteiger partial charge on any atom is 0.159 e. The molecule has 1 aliphatic carbocycles. The van der Waals surface area contributed by atoms with Gasteiger partial charge in [0.15, 0.2) is 11.2 Å². The molecule has 0 radical (unpaired) electrons. The van der Waals surface area contributed by atoms with E-state index in [0.29, 0.717) is 5.92 Å². The Morgan fingerprint density at radius 3 is 1.95 bits per heavy atom. The molecule has 4 heterocycles. The van der Waals surface area contributed by atoms with Crippen LogP contribution in [-0.4, -0.2) is 9.13 Å². The van der Waals surface area contributed by atoms with Gasteiger partial charge in [-0.25, -0.2) is 0 Å². The first-order valence-corrected chi connectivity index (χ1v) is 15.3. The first kappa shape index (κ1) is 25.1. The number of fused-ring (bicyclic) bond motifs is 9. The van der Waals surface area contributed by atoms with Gasteiger partial charge >= 0.3 is 0 Å². The zero-order chi connectivity index (χ0) is 29.5. The van der Waals surface area contributed by atoms with Crippen LogP contribution in [0.1, 0.15) is 37.4 Å². The molecule has 0 saturated carbocycles. The molecule has 4 aromatic heterocycles. The van der Waals surface area contributed by atoms with Crippen LogP contribution in [0.15, 0.2) is 112 Å². The molecule has 212 valence electrons. The van der Waals surface area contributed by atoms with Crippen molar-refractivity contribution in [1.29, 1.82) is 0 Å². The lowest BCUT2D eigenvalue weighted by Gasteiger charge is -2.18. The molecular formula is C40H30N2O2. The van der Waals surface area contributed by atoms with E-state index in [9.17, 15) is 0 Å². The largest absolute Gasteiger partial charge is 0.454 e. The van der Waals surface area contributed by atoms with Crippen LogP contribution in [0.3, 0.4) is 0 Å². The molecule has 0 spiro atoms. The summed E-state index contributed by atoms with van der Waals surface area (Å²) in [5, 5.41) is 7.98. The Hall–Kier alpha value is -5.48. The lowest BCUT2D eigenvalue weighted by molar-refractivity contribution is 0.663. The van der Waals surface area contributed by atoms with Crippen LogP contribution in [0.4, 0.5) is 0 Å². The zero-order valence-electron chi connectivity index (χ0n) is 24.7. The van der Waals surface area contributed by atoms with E-state index in [1.165, 1.54) is 21.9 Å². The van der Waals surface area contributed by atoms with Crippen molar-refractivity contribution in [2.45, 2.75) is 26.2 Å². The molecule has 0 N–H and O–H groups in total. The molecule has 44 heavy (non-hydrogen) atoms. The van der Waals surface area contributed by atoms with Gasteiger partial charge in [0.25, 0.3) is 0 Å². The third kappa shape index (κ3) is 3.23. The van der Waals surface area contributed by atoms with Crippen molar-refractivity contribution in [3.05, 3.63) is 125 Å². The average Bonchev–Trinajstić information content (AvgIpc) is 3.79. The lowest BCUT2D eigenvalue weighted by atomic mass is 9.91. The van der Waals surface area contributed by atoms with Crippen LogP contribution in [0.25, 0.3) is 84.5 Å². The predicted octanol–water partition coefficient (Wildman–Crippen LogP) is 9.51. The van der Waals surface area contributed by atoms with Gasteiger partial charge in [-0.1, -0.05) is 92.4 Å². The highest BCUT2D eigenvalue weighted by Gasteiger charge is 2.30. The molecule has 1 atom stereocenters. The molecule has 4 heteroatoms. The van der Waals surface area contributed by atoms with Crippen molar-refractivity contribution in [1.82, 2.24) is 9.13 Å². The van der Waals surface area contributed by atoms with Gasteiger partial charge < -0.3 is 8.83 Å². The summed E-state index contributed by atoms with van der Waals surface area (Å²) >= 11 is 0. The molecule has 4 aromatic carbocycles. The maximum absolute atomic E-state index is 6.64. The first-order chi connectivity index (χ1) is 21.7. The Morgan fingerprint density at radius 2 is 1.34 bits per heavy atom. The molecule has 0 amide bonds. The molecule has 9 rings (SSSR count). The fraction of sp³-hybridized carbons (Fsp3) is 0.100. The Kier molecular flexibility index (Phi) is 5.27. The van der Waals surface area contributed by atoms with Crippen molar-refractivity contribution in [2.75, 3.05) is 0 Å². The van der Waals surface area contributed by atoms with Gasteiger partial charge in [-0.05, 0) is 61.2 Å². The van der Waals surface area contributed by atoms with Crippen molar-refractivity contribution >= 4 is 73.1 Å². The van der Waals surface area contributed by atoms with Gasteiger partial charge in [-0.3, -0.25) is 9.13 Å². The van der Waals surface area contributed by atoms with Gasteiger partial charge in [0.2, 0.25) is 0 Å². The summed E-state index contributed by atoms with van der Waals surface area (Å²) in [6, 6.07) is 29.5. The number of hydrogen-bond acceptors (Lipinski definition) is 2. The highest BCUT2D eigenvalue weighted by Crippen LogP contribution is 2.42. The number of rotatable bonds is 3. The van der Waals surface area contributed by atoms with E-state index in [1.54, 1.807) is 0 Å². The molecule has 0 aliphatic heterocycles. The minimum Gasteiger partial charge on any atom is -0.454 e. The van der Waals surface area contributed by atoms with E-state index >= 15 is 0 Å². The minimum atomic E-state index is 0.349. The third-order valence-electron chi connectivity index (χ3n) is 9.29. The van der Waals surface area contributed by atoms with Crippen LogP contribution in [0, 0.1) is 0 Å². The van der Waals surface area contributed by atoms with Gasteiger partial charge in [0.05, 0.1) is 22.4 Å². The smallest absolute Gasteiger partial charge is 0.159 e. The van der Waals surface area contributed by atoms with Crippen LogP contribution in [0.5, 0.6) is 0 Å². The Labute approximate surface area is 253 Å². The van der Waals surface area contributed by atoms with Crippen molar-refractivity contribution in [3.63, 3.8) is 0 Å². The van der Waals surface area contributed by atoms with Crippen LogP contribution < -0.4 is 10.6 Å². The standard InChI is InChI=1S/C40H30N2O2/c1-4-13-30-25(5-2)37-36-24(3)14-10-19-31(36)42(33-21-12-18-29-27-16-7-9-23-35(27)44-39(29)33)40(37)41(30)32-20-11-17-28-26-15-6-8-22-34(26)43-38(28)32/h4-13,15-24H,1,14H2,2-3H3/b25-5+,30-13+. The highest BCUT2D eigenvalue weighted by atomic mass is 16.3. The van der Waals surface area contributed by atoms with Crippen LogP contribution in [-0.2, 0) is 0 Å². The predicted molar refractivity (Wildman–Crippen MR) is 183 cm³/mol. The molecule has 0 fully saturated rings. The average molecular weight is 571 g/mol. The Balaban J connectivity index is 1.53. The monoisotopic (exact) mass is 570 g/mol. The summed E-state index contributed by atoms with van der Waals surface area (Å²) in [6.45, 7) is 8.59. The van der Waals surface area contributed by atoms with Crippen molar-refractivity contribution < 1.29 is 8.83 Å². The second kappa shape index (κ2) is 9.26. The molecule has 0 saturated heterocycles. The van der Waals surface area contributed by atoms with Crippen LogP contribution in [0.2, 0.25) is 0 Å². The molecule has 8 aromatic rings. The fourth-order valence-electron chi connectivity index (χ4n) is 7.47. The molecule has 1 aliphatic rings. The molecule has 1 unspecified atom stereocenters. The van der Waals surface area contributed by atoms with E-state index in [2.05, 4.69) is 115 Å². The second-order valence-corrected chi connectivity index (χ2v) is 11.7. The third-order valence-corrected chi connectivity index (χ3v) is 9.29. The molecule has 0 bridgehead atoms. The van der Waals surface area contributed by atoms with Crippen LogP contribution >= 0.6 is 0 Å². The number of benzene rings is 4. The number of furan rings is 2. The van der Waals surface area contributed by atoms with Gasteiger partial charge in [-0.2, -0.15) is 0 Å². The Morgan fingerprint density at radius 1 is 0.750 bits per heavy atom. The van der Waals surface area contributed by atoms with Gasteiger partial charge in [0, 0.05) is 32.1 Å². The summed E-state index contributed by atoms with van der Waals surface area (Å²) < 4.78 is 18.1. The number of hydrogen-bond donors (Lipinski definition) is 0. The maximum atomic E-state index is 6.64. The zero-order valence-corrected chi connectivity index (χ0v) is 24.7.